The maximum atomic E-state index is 13.7. The summed E-state index contributed by atoms with van der Waals surface area (Å²) in [6.45, 7) is 7.03. The summed E-state index contributed by atoms with van der Waals surface area (Å²) >= 11 is 6.30. The number of nitrogens with one attached hydrogen (secondary N) is 2. The van der Waals surface area contributed by atoms with Crippen molar-refractivity contribution < 1.29 is 32.3 Å². The number of hydrazine groups is 1. The van der Waals surface area contributed by atoms with E-state index in [1.54, 1.807) is 26.0 Å². The number of tetrazole rings is 1. The van der Waals surface area contributed by atoms with Gasteiger partial charge in [-0.2, -0.15) is 23.1 Å². The summed E-state index contributed by atoms with van der Waals surface area (Å²) in [5.41, 5.74) is 3.68. The van der Waals surface area contributed by atoms with Gasteiger partial charge in [-0.25, -0.2) is 19.5 Å². The average molecular weight is 637 g/mol. The van der Waals surface area contributed by atoms with Crippen LogP contribution in [0.3, 0.4) is 0 Å². The molecule has 0 spiro atoms. The molecule has 0 unspecified atom stereocenters. The largest absolute Gasteiger partial charge is 0.455 e. The van der Waals surface area contributed by atoms with Gasteiger partial charge in [-0.05, 0) is 54.5 Å². The zero-order valence-electron chi connectivity index (χ0n) is 24.4. The first-order chi connectivity index (χ1) is 20.8. The molecule has 44 heavy (non-hydrogen) atoms. The molecule has 4 aromatic rings. The third kappa shape index (κ3) is 7.66. The first kappa shape index (κ1) is 33.4. The Morgan fingerprint density at radius 1 is 1.09 bits per heavy atom. The second-order valence-electron chi connectivity index (χ2n) is 8.81. The summed E-state index contributed by atoms with van der Waals surface area (Å²) in [4.78, 5) is 43.3. The number of rotatable bonds is 6. The van der Waals surface area contributed by atoms with E-state index in [-0.39, 0.29) is 40.0 Å². The Kier molecular flexibility index (Phi) is 10.6. The number of methoxy groups -OCH3 is 1. The zero-order valence-corrected chi connectivity index (χ0v) is 25.1. The third-order valence-corrected chi connectivity index (χ3v) is 5.92. The van der Waals surface area contributed by atoms with Crippen LogP contribution in [0, 0.1) is 13.8 Å². The molecular formula is C26H28ClF3N10O4. The molecule has 0 aliphatic heterocycles. The van der Waals surface area contributed by atoms with Crippen LogP contribution in [-0.2, 0) is 17.5 Å². The number of ether oxygens (including phenoxy) is 1. The van der Waals surface area contributed by atoms with Crippen molar-refractivity contribution in [3.63, 3.8) is 0 Å². The molecule has 3 heterocycles. The number of carbonyl (C=O) groups excluding carboxylic acids is 3. The normalized spacial score (nSPS) is 10.9. The Balaban J connectivity index is 0.00000259. The maximum Gasteiger partial charge on any atom is 0.455 e. The van der Waals surface area contributed by atoms with E-state index >= 15 is 0 Å². The molecule has 14 nitrogen and oxygen atoms in total. The number of carbonyl (C=O) groups is 3. The van der Waals surface area contributed by atoms with Gasteiger partial charge in [-0.3, -0.25) is 15.0 Å². The fourth-order valence-electron chi connectivity index (χ4n) is 3.82. The highest BCUT2D eigenvalue weighted by Gasteiger charge is 2.37. The molecule has 0 atom stereocenters. The first-order valence-electron chi connectivity index (χ1n) is 12.9. The molecule has 0 bridgehead atoms. The Labute approximate surface area is 254 Å². The highest BCUT2D eigenvalue weighted by atomic mass is 35.5. The molecule has 0 saturated carbocycles. The fourth-order valence-corrected chi connectivity index (χ4v) is 4.02. The summed E-state index contributed by atoms with van der Waals surface area (Å²) in [5.74, 6) is -2.87. The minimum Gasteiger partial charge on any atom is -0.452 e. The van der Waals surface area contributed by atoms with Gasteiger partial charge in [0.05, 0.1) is 29.1 Å². The van der Waals surface area contributed by atoms with E-state index in [9.17, 15) is 27.6 Å². The molecule has 234 valence electrons. The lowest BCUT2D eigenvalue weighted by Crippen LogP contribution is -2.43. The van der Waals surface area contributed by atoms with Gasteiger partial charge in [0.1, 0.15) is 12.2 Å². The van der Waals surface area contributed by atoms with Crippen molar-refractivity contribution in [3.05, 3.63) is 75.5 Å². The molecule has 0 fully saturated rings. The summed E-state index contributed by atoms with van der Waals surface area (Å²) < 4.78 is 44.5. The molecule has 18 heteroatoms. The van der Waals surface area contributed by atoms with Gasteiger partial charge in [0.2, 0.25) is 0 Å². The number of amides is 3. The number of hydrogen-bond acceptors (Lipinski definition) is 9. The standard InChI is InChI=1S/C24H22ClF3N10O4.C2H6/c1-12-8-13(2)18(15(9-12)20(39)33-36(3)23(41)42-4)30-21(40)17-10-14(11-37-34-22(31-35-37)24(26,27)28)32-38(17)19-16(25)6-5-7-29-19;1-2/h5-10H,11H2,1-4H3,(H,30,40)(H,33,39);1-2H3. The number of alkyl halides is 3. The maximum absolute atomic E-state index is 13.7. The van der Waals surface area contributed by atoms with E-state index in [2.05, 4.69) is 41.0 Å². The molecule has 3 amide bonds. The van der Waals surface area contributed by atoms with Gasteiger partial charge >= 0.3 is 12.3 Å². The summed E-state index contributed by atoms with van der Waals surface area (Å²) in [6, 6.07) is 7.58. The van der Waals surface area contributed by atoms with Crippen LogP contribution in [0.2, 0.25) is 5.02 Å². The van der Waals surface area contributed by atoms with Crippen LogP contribution in [0.5, 0.6) is 0 Å². The molecule has 3 aromatic heterocycles. The lowest BCUT2D eigenvalue weighted by Gasteiger charge is -2.19. The number of halogens is 4. The number of hydrogen-bond donors (Lipinski definition) is 2. The Hall–Kier alpha value is -5.06. The van der Waals surface area contributed by atoms with Gasteiger partial charge in [-0.15, -0.1) is 10.2 Å². The van der Waals surface area contributed by atoms with Crippen molar-refractivity contribution in [2.45, 2.75) is 40.4 Å². The van der Waals surface area contributed by atoms with Crippen LogP contribution in [0.1, 0.15) is 57.3 Å². The van der Waals surface area contributed by atoms with Crippen molar-refractivity contribution in [1.29, 1.82) is 0 Å². The molecule has 0 aliphatic carbocycles. The number of nitrogens with zero attached hydrogens (tertiary/aromatic N) is 8. The SMILES string of the molecule is CC.COC(=O)N(C)NC(=O)c1cc(C)cc(C)c1NC(=O)c1cc(Cn2nnc(C(F)(F)F)n2)nn1-c1ncccc1Cl. The van der Waals surface area contributed by atoms with Crippen molar-refractivity contribution in [3.8, 4) is 5.82 Å². The molecule has 0 saturated heterocycles. The second-order valence-corrected chi connectivity index (χ2v) is 9.22. The van der Waals surface area contributed by atoms with E-state index in [0.717, 1.165) is 16.8 Å². The molecular weight excluding hydrogens is 609 g/mol. The Morgan fingerprint density at radius 3 is 2.41 bits per heavy atom. The molecule has 0 radical (unpaired) electrons. The second kappa shape index (κ2) is 13.9. The van der Waals surface area contributed by atoms with E-state index < -0.39 is 29.9 Å². The predicted molar refractivity (Wildman–Crippen MR) is 151 cm³/mol. The Morgan fingerprint density at radius 2 is 1.80 bits per heavy atom. The minimum absolute atomic E-state index is 0.0326. The van der Waals surface area contributed by atoms with Crippen molar-refractivity contribution in [1.82, 2.24) is 45.4 Å². The molecule has 1 aromatic carbocycles. The lowest BCUT2D eigenvalue weighted by atomic mass is 10.0. The van der Waals surface area contributed by atoms with Gasteiger partial charge in [0.25, 0.3) is 17.6 Å². The van der Waals surface area contributed by atoms with Gasteiger partial charge in [0, 0.05) is 13.2 Å². The third-order valence-electron chi connectivity index (χ3n) is 5.62. The van der Waals surface area contributed by atoms with Gasteiger partial charge in [-0.1, -0.05) is 31.5 Å². The highest BCUT2D eigenvalue weighted by Crippen LogP contribution is 2.27. The first-order valence-corrected chi connectivity index (χ1v) is 13.3. The van der Waals surface area contributed by atoms with Crippen molar-refractivity contribution >= 4 is 35.2 Å². The van der Waals surface area contributed by atoms with Crippen LogP contribution in [0.25, 0.3) is 5.82 Å². The topological polar surface area (TPSA) is 162 Å². The van der Waals surface area contributed by atoms with Crippen LogP contribution in [0.4, 0.5) is 23.7 Å². The van der Waals surface area contributed by atoms with E-state index in [4.69, 9.17) is 11.6 Å². The monoisotopic (exact) mass is 636 g/mol. The number of anilines is 1. The van der Waals surface area contributed by atoms with E-state index in [1.165, 1.54) is 31.4 Å². The molecule has 4 rings (SSSR count). The molecule has 0 aliphatic rings. The lowest BCUT2D eigenvalue weighted by molar-refractivity contribution is -0.145. The summed E-state index contributed by atoms with van der Waals surface area (Å²) in [7, 11) is 2.43. The van der Waals surface area contributed by atoms with Gasteiger partial charge < -0.3 is 10.1 Å². The number of aromatic nitrogens is 7. The van der Waals surface area contributed by atoms with Crippen molar-refractivity contribution in [2.24, 2.45) is 0 Å². The quantitative estimate of drug-likeness (QED) is 0.295. The summed E-state index contributed by atoms with van der Waals surface area (Å²) in [6.07, 6.45) is -4.22. The van der Waals surface area contributed by atoms with E-state index in [1.807, 2.05) is 13.8 Å². The van der Waals surface area contributed by atoms with Crippen LogP contribution in [-0.4, -0.2) is 72.0 Å². The predicted octanol–water partition coefficient (Wildman–Crippen LogP) is 4.21. The van der Waals surface area contributed by atoms with Crippen LogP contribution in [0.15, 0.2) is 36.5 Å². The van der Waals surface area contributed by atoms with Crippen LogP contribution < -0.4 is 10.7 Å². The van der Waals surface area contributed by atoms with Crippen molar-refractivity contribution in [2.75, 3.05) is 19.5 Å². The van der Waals surface area contributed by atoms with Crippen LogP contribution >= 0.6 is 11.6 Å². The number of benzene rings is 1. The average Bonchev–Trinajstić information content (AvgIpc) is 3.63. The summed E-state index contributed by atoms with van der Waals surface area (Å²) in [5, 5.41) is 17.6. The number of pyridine rings is 1. The van der Waals surface area contributed by atoms with E-state index in [0.29, 0.717) is 15.9 Å². The fraction of sp³-hybridized carbons (Fsp3) is 0.308. The smallest absolute Gasteiger partial charge is 0.452 e. The zero-order chi connectivity index (χ0) is 32.8. The minimum atomic E-state index is -4.80. The molecule has 2 N–H and O–H groups in total. The number of aryl methyl sites for hydroxylation is 2. The van der Waals surface area contributed by atoms with Gasteiger partial charge in [0.15, 0.2) is 5.82 Å². The highest BCUT2D eigenvalue weighted by molar-refractivity contribution is 6.32. The Bertz CT molecular complexity index is 1670.